The van der Waals surface area contributed by atoms with Gasteiger partial charge in [-0.2, -0.15) is 0 Å². The predicted octanol–water partition coefficient (Wildman–Crippen LogP) is 3.74. The first kappa shape index (κ1) is 12.3. The molecule has 3 heteroatoms. The summed E-state index contributed by atoms with van der Waals surface area (Å²) < 4.78 is 0. The Morgan fingerprint density at radius 3 is 2.50 bits per heavy atom. The molecule has 22 heavy (non-hydrogen) atoms. The van der Waals surface area contributed by atoms with E-state index in [0.717, 1.165) is 6.42 Å². The maximum atomic E-state index is 13.1. The van der Waals surface area contributed by atoms with E-state index in [1.54, 1.807) is 18.2 Å². The van der Waals surface area contributed by atoms with E-state index in [1.165, 1.54) is 0 Å². The van der Waals surface area contributed by atoms with Gasteiger partial charge in [-0.1, -0.05) is 43.3 Å². The number of fused-ring (bicyclic) bond motifs is 8. The van der Waals surface area contributed by atoms with Crippen molar-refractivity contribution in [2.24, 2.45) is 17.3 Å². The van der Waals surface area contributed by atoms with Crippen molar-refractivity contribution in [2.75, 3.05) is 0 Å². The molecule has 110 valence electrons. The van der Waals surface area contributed by atoms with Gasteiger partial charge in [0, 0.05) is 27.7 Å². The van der Waals surface area contributed by atoms with Gasteiger partial charge < -0.3 is 10.2 Å². The van der Waals surface area contributed by atoms with Gasteiger partial charge in [-0.25, -0.2) is 0 Å². The van der Waals surface area contributed by atoms with E-state index in [1.807, 2.05) is 13.0 Å². The van der Waals surface area contributed by atoms with Gasteiger partial charge in [0.05, 0.1) is 5.56 Å². The Balaban J connectivity index is 1.93. The average Bonchev–Trinajstić information content (AvgIpc) is 3.16. The van der Waals surface area contributed by atoms with Crippen molar-refractivity contribution in [1.82, 2.24) is 0 Å². The minimum Gasteiger partial charge on any atom is -0.507 e. The Morgan fingerprint density at radius 2 is 1.77 bits per heavy atom. The molecule has 3 nitrogen and oxygen atoms in total. The Morgan fingerprint density at radius 1 is 1.09 bits per heavy atom. The number of Topliss-reactive ketones (excluding diaryl/α,β-unsaturated/α-hetero) is 1. The Labute approximate surface area is 127 Å². The minimum absolute atomic E-state index is 0.0112. The number of rotatable bonds is 0. The number of carbonyl (C=O) groups excluding carboxylic acids is 1. The number of benzene rings is 2. The van der Waals surface area contributed by atoms with Crippen molar-refractivity contribution < 1.29 is 15.0 Å². The van der Waals surface area contributed by atoms with Gasteiger partial charge in [-0.3, -0.25) is 4.79 Å². The summed E-state index contributed by atoms with van der Waals surface area (Å²) in [4.78, 5) is 13.1. The van der Waals surface area contributed by atoms with Crippen molar-refractivity contribution in [2.45, 2.75) is 19.3 Å². The molecule has 1 fully saturated rings. The first-order chi connectivity index (χ1) is 10.5. The summed E-state index contributed by atoms with van der Waals surface area (Å²) in [6.07, 6.45) is 5.28. The fraction of sp³-hybridized carbons (Fsp3) is 0.316. The summed E-state index contributed by atoms with van der Waals surface area (Å²) >= 11 is 0. The van der Waals surface area contributed by atoms with Crippen LogP contribution in [0, 0.1) is 17.3 Å². The van der Waals surface area contributed by atoms with Crippen molar-refractivity contribution >= 4 is 16.6 Å². The lowest BCUT2D eigenvalue weighted by Gasteiger charge is -2.31. The number of carbonyl (C=O) groups is 1. The lowest BCUT2D eigenvalue weighted by molar-refractivity contribution is 0.0779. The fourth-order valence-electron chi connectivity index (χ4n) is 5.14. The second-order valence-corrected chi connectivity index (χ2v) is 7.01. The van der Waals surface area contributed by atoms with Crippen molar-refractivity contribution in [1.29, 1.82) is 0 Å². The normalized spacial score (nSPS) is 34.4. The minimum atomic E-state index is -0.520. The zero-order chi connectivity index (χ0) is 15.2. The van der Waals surface area contributed by atoms with Crippen LogP contribution in [-0.4, -0.2) is 16.0 Å². The third-order valence-electron chi connectivity index (χ3n) is 6.19. The van der Waals surface area contributed by atoms with Gasteiger partial charge in [-0.05, 0) is 18.3 Å². The fourth-order valence-corrected chi connectivity index (χ4v) is 5.14. The number of hydrogen-bond donors (Lipinski definition) is 2. The van der Waals surface area contributed by atoms with Crippen LogP contribution in [0.25, 0.3) is 10.8 Å². The van der Waals surface area contributed by atoms with E-state index in [-0.39, 0.29) is 35.0 Å². The molecule has 0 spiro atoms. The number of ketones is 1. The highest BCUT2D eigenvalue weighted by Crippen LogP contribution is 2.68. The first-order valence-corrected chi connectivity index (χ1v) is 7.74. The molecular weight excluding hydrogens is 276 g/mol. The molecular formula is C19H16O3. The SMILES string of the molecule is C[C@@]12C(=O)c3c(c(O)c4ccccc4c3O)C1[C@@H]1C=C[C@H]2C1. The lowest BCUT2D eigenvalue weighted by atomic mass is 9.70. The summed E-state index contributed by atoms with van der Waals surface area (Å²) in [6.45, 7) is 2.00. The Bertz CT molecular complexity index is 895. The second kappa shape index (κ2) is 3.54. The molecule has 1 saturated carbocycles. The zero-order valence-electron chi connectivity index (χ0n) is 12.2. The monoisotopic (exact) mass is 292 g/mol. The number of allylic oxidation sites excluding steroid dienone is 2. The van der Waals surface area contributed by atoms with Gasteiger partial charge in [-0.15, -0.1) is 0 Å². The smallest absolute Gasteiger partial charge is 0.174 e. The van der Waals surface area contributed by atoms with Crippen LogP contribution < -0.4 is 0 Å². The highest BCUT2D eigenvalue weighted by molar-refractivity contribution is 6.14. The summed E-state index contributed by atoms with van der Waals surface area (Å²) in [7, 11) is 0. The first-order valence-electron chi connectivity index (χ1n) is 7.74. The molecule has 0 saturated heterocycles. The van der Waals surface area contributed by atoms with Gasteiger partial charge in [0.15, 0.2) is 5.78 Å². The highest BCUT2D eigenvalue weighted by atomic mass is 16.3. The van der Waals surface area contributed by atoms with Crippen LogP contribution in [0.5, 0.6) is 11.5 Å². The molecule has 0 aliphatic heterocycles. The molecule has 2 aromatic carbocycles. The lowest BCUT2D eigenvalue weighted by Crippen LogP contribution is -2.32. The Hall–Kier alpha value is -2.29. The number of hydrogen-bond acceptors (Lipinski definition) is 3. The second-order valence-electron chi connectivity index (χ2n) is 7.01. The van der Waals surface area contributed by atoms with Crippen molar-refractivity contribution in [3.05, 3.63) is 47.5 Å². The van der Waals surface area contributed by atoms with Crippen LogP contribution in [0.2, 0.25) is 0 Å². The molecule has 3 aliphatic rings. The molecule has 0 amide bonds. The molecule has 0 heterocycles. The number of aromatic hydroxyl groups is 2. The third kappa shape index (κ3) is 1.08. The molecule has 2 N–H and O–H groups in total. The third-order valence-corrected chi connectivity index (χ3v) is 6.19. The Kier molecular flexibility index (Phi) is 1.98. The number of phenolic OH excluding ortho intramolecular Hbond substituents is 2. The van der Waals surface area contributed by atoms with E-state index >= 15 is 0 Å². The van der Waals surface area contributed by atoms with E-state index in [4.69, 9.17) is 0 Å². The largest absolute Gasteiger partial charge is 0.507 e. The number of phenols is 2. The molecule has 5 rings (SSSR count). The van der Waals surface area contributed by atoms with E-state index in [9.17, 15) is 15.0 Å². The maximum Gasteiger partial charge on any atom is 0.174 e. The van der Waals surface area contributed by atoms with Crippen molar-refractivity contribution in [3.63, 3.8) is 0 Å². The topological polar surface area (TPSA) is 57.5 Å². The maximum absolute atomic E-state index is 13.1. The van der Waals surface area contributed by atoms with Crippen LogP contribution in [0.1, 0.15) is 35.2 Å². The molecule has 2 aromatic rings. The zero-order valence-corrected chi connectivity index (χ0v) is 12.2. The quantitative estimate of drug-likeness (QED) is 0.574. The molecule has 1 unspecified atom stereocenters. The van der Waals surface area contributed by atoms with E-state index in [2.05, 4.69) is 12.2 Å². The van der Waals surface area contributed by atoms with E-state index in [0.29, 0.717) is 21.9 Å². The molecule has 0 radical (unpaired) electrons. The molecule has 3 aliphatic carbocycles. The van der Waals surface area contributed by atoms with Crippen LogP contribution in [0.4, 0.5) is 0 Å². The average molecular weight is 292 g/mol. The van der Waals surface area contributed by atoms with Crippen LogP contribution in [0.15, 0.2) is 36.4 Å². The van der Waals surface area contributed by atoms with Gasteiger partial charge in [0.1, 0.15) is 11.5 Å². The van der Waals surface area contributed by atoms with Crippen LogP contribution in [0.3, 0.4) is 0 Å². The van der Waals surface area contributed by atoms with E-state index < -0.39 is 5.41 Å². The van der Waals surface area contributed by atoms with Gasteiger partial charge >= 0.3 is 0 Å². The summed E-state index contributed by atoms with van der Waals surface area (Å²) in [5, 5.41) is 22.7. The molecule has 0 aromatic heterocycles. The van der Waals surface area contributed by atoms with Gasteiger partial charge in [0.25, 0.3) is 0 Å². The molecule has 4 atom stereocenters. The predicted molar refractivity (Wildman–Crippen MR) is 83.2 cm³/mol. The summed E-state index contributed by atoms with van der Waals surface area (Å²) in [5.74, 6) is 0.675. The highest BCUT2D eigenvalue weighted by Gasteiger charge is 2.63. The summed E-state index contributed by atoms with van der Waals surface area (Å²) in [5.41, 5.74) is 0.497. The standard InChI is InChI=1S/C19H16O3/c1-19-10-7-6-9(8-10)15(19)13-14(18(19)22)17(21)12-5-3-2-4-11(12)16(13)20/h2-7,9-10,15,20-21H,8H2,1H3/t9-,10+,15?,19+/m1/s1. The molecule has 2 bridgehead atoms. The summed E-state index contributed by atoms with van der Waals surface area (Å²) in [6, 6.07) is 7.20. The van der Waals surface area contributed by atoms with Crippen LogP contribution in [-0.2, 0) is 0 Å². The van der Waals surface area contributed by atoms with Crippen LogP contribution >= 0.6 is 0 Å². The van der Waals surface area contributed by atoms with Gasteiger partial charge in [0.2, 0.25) is 0 Å². The van der Waals surface area contributed by atoms with Crippen molar-refractivity contribution in [3.8, 4) is 11.5 Å².